The first-order chi connectivity index (χ1) is 13.3. The Bertz CT molecular complexity index is 1170. The molecule has 2 aromatic carbocycles. The van der Waals surface area contributed by atoms with E-state index < -0.39 is 21.6 Å². The highest BCUT2D eigenvalue weighted by molar-refractivity contribution is 7.92. The Balaban J connectivity index is 1.89. The van der Waals surface area contributed by atoms with Crippen molar-refractivity contribution in [3.8, 4) is 0 Å². The first-order valence-corrected chi connectivity index (χ1v) is 9.92. The number of fused-ring (bicyclic) bond motifs is 1. The van der Waals surface area contributed by atoms with Gasteiger partial charge in [-0.1, -0.05) is 12.1 Å². The van der Waals surface area contributed by atoms with Crippen LogP contribution in [0.25, 0.3) is 11.0 Å². The number of ether oxygens (including phenoxy) is 1. The van der Waals surface area contributed by atoms with Gasteiger partial charge in [0.25, 0.3) is 15.9 Å². The lowest BCUT2D eigenvalue weighted by molar-refractivity contribution is 0.0906. The molecule has 1 atom stereocenters. The normalized spacial score (nSPS) is 12.6. The summed E-state index contributed by atoms with van der Waals surface area (Å²) in [5.74, 6) is -0.423. The molecule has 1 aromatic heterocycles. The summed E-state index contributed by atoms with van der Waals surface area (Å²) in [5, 5.41) is 2.75. The number of anilines is 1. The number of carbonyl (C=O) groups is 1. The van der Waals surface area contributed by atoms with Crippen molar-refractivity contribution >= 4 is 32.7 Å². The Labute approximate surface area is 161 Å². The van der Waals surface area contributed by atoms with Crippen LogP contribution in [0.15, 0.2) is 52.2 Å². The van der Waals surface area contributed by atoms with Crippen LogP contribution in [0.5, 0.6) is 0 Å². The third-order valence-electron chi connectivity index (χ3n) is 4.01. The predicted molar refractivity (Wildman–Crippen MR) is 105 cm³/mol. The highest BCUT2D eigenvalue weighted by Crippen LogP contribution is 2.22. The van der Waals surface area contributed by atoms with Crippen molar-refractivity contribution in [1.29, 1.82) is 0 Å². The molecular formula is C18H20N4O5S. The van der Waals surface area contributed by atoms with Gasteiger partial charge in [0.15, 0.2) is 0 Å². The van der Waals surface area contributed by atoms with Crippen LogP contribution >= 0.6 is 0 Å². The van der Waals surface area contributed by atoms with Crippen molar-refractivity contribution in [2.45, 2.75) is 17.9 Å². The first-order valence-electron chi connectivity index (χ1n) is 8.44. The number of aromatic nitrogens is 2. The Hall–Kier alpha value is -3.11. The quantitative estimate of drug-likeness (QED) is 0.473. The van der Waals surface area contributed by atoms with Crippen molar-refractivity contribution < 1.29 is 17.9 Å². The number of aromatic amines is 2. The smallest absolute Gasteiger partial charge is 0.323 e. The van der Waals surface area contributed by atoms with Gasteiger partial charge in [-0.15, -0.1) is 0 Å². The summed E-state index contributed by atoms with van der Waals surface area (Å²) in [7, 11) is -2.45. The van der Waals surface area contributed by atoms with Crippen LogP contribution in [0.3, 0.4) is 0 Å². The van der Waals surface area contributed by atoms with E-state index in [9.17, 15) is 18.0 Å². The predicted octanol–water partition coefficient (Wildman–Crippen LogP) is 1.42. The van der Waals surface area contributed by atoms with Gasteiger partial charge < -0.3 is 20.0 Å². The molecule has 10 heteroatoms. The van der Waals surface area contributed by atoms with Gasteiger partial charge in [-0.25, -0.2) is 13.2 Å². The van der Waals surface area contributed by atoms with Crippen LogP contribution in [-0.2, 0) is 14.8 Å². The summed E-state index contributed by atoms with van der Waals surface area (Å²) in [4.78, 5) is 28.9. The number of rotatable bonds is 7. The zero-order chi connectivity index (χ0) is 20.3. The zero-order valence-electron chi connectivity index (χ0n) is 15.3. The number of sulfonamides is 1. The standard InChI is InChI=1S/C18H20N4O5S/c1-11(10-27-2)19-17(23)13-5-3-4-6-14(13)22-28(25,26)12-7-8-15-16(9-12)21-18(24)20-15/h3-9,11,22H,10H2,1-2H3,(H,19,23)(H2,20,21,24)/t11-/m1/s1. The fourth-order valence-electron chi connectivity index (χ4n) is 2.75. The molecule has 9 nitrogen and oxygen atoms in total. The second kappa shape index (κ2) is 7.87. The fraction of sp³-hybridized carbons (Fsp3) is 0.222. The second-order valence-electron chi connectivity index (χ2n) is 6.27. The molecule has 0 aliphatic carbocycles. The third-order valence-corrected chi connectivity index (χ3v) is 5.37. The molecule has 1 amide bonds. The molecule has 1 heterocycles. The largest absolute Gasteiger partial charge is 0.383 e. The maximum absolute atomic E-state index is 12.8. The molecule has 148 valence electrons. The summed E-state index contributed by atoms with van der Waals surface area (Å²) in [5.41, 5.74) is 0.769. The van der Waals surface area contributed by atoms with Crippen LogP contribution in [0.2, 0.25) is 0 Å². The minimum atomic E-state index is -3.98. The summed E-state index contributed by atoms with van der Waals surface area (Å²) in [6.45, 7) is 2.11. The van der Waals surface area contributed by atoms with Crippen LogP contribution in [0.1, 0.15) is 17.3 Å². The number of imidazole rings is 1. The monoisotopic (exact) mass is 404 g/mol. The Morgan fingerprint density at radius 3 is 2.61 bits per heavy atom. The van der Waals surface area contributed by atoms with Crippen molar-refractivity contribution in [1.82, 2.24) is 15.3 Å². The molecule has 0 spiro atoms. The Morgan fingerprint density at radius 1 is 1.14 bits per heavy atom. The molecule has 0 unspecified atom stereocenters. The molecule has 0 fully saturated rings. The first kappa shape index (κ1) is 19.6. The topological polar surface area (TPSA) is 133 Å². The van der Waals surface area contributed by atoms with Crippen molar-refractivity contribution in [3.05, 3.63) is 58.5 Å². The number of H-pyrrole nitrogens is 2. The highest BCUT2D eigenvalue weighted by Gasteiger charge is 2.20. The lowest BCUT2D eigenvalue weighted by Crippen LogP contribution is -2.36. The number of hydrogen-bond acceptors (Lipinski definition) is 5. The van der Waals surface area contributed by atoms with Gasteiger partial charge in [-0.3, -0.25) is 9.52 Å². The molecule has 3 aromatic rings. The molecule has 0 saturated carbocycles. The fourth-order valence-corrected chi connectivity index (χ4v) is 3.85. The van der Waals surface area contributed by atoms with E-state index in [1.165, 1.54) is 37.4 Å². The summed E-state index contributed by atoms with van der Waals surface area (Å²) in [6.07, 6.45) is 0. The molecule has 0 aliphatic rings. The minimum Gasteiger partial charge on any atom is -0.383 e. The van der Waals surface area contributed by atoms with E-state index in [2.05, 4.69) is 20.0 Å². The van der Waals surface area contributed by atoms with E-state index in [-0.39, 0.29) is 22.2 Å². The van der Waals surface area contributed by atoms with E-state index in [0.717, 1.165) is 0 Å². The average molecular weight is 404 g/mol. The van der Waals surface area contributed by atoms with Gasteiger partial charge in [0.1, 0.15) is 0 Å². The number of hydrogen-bond donors (Lipinski definition) is 4. The van der Waals surface area contributed by atoms with E-state index in [4.69, 9.17) is 4.74 Å². The average Bonchev–Trinajstić information content (AvgIpc) is 3.01. The van der Waals surface area contributed by atoms with Crippen LogP contribution in [-0.4, -0.2) is 44.1 Å². The number of benzene rings is 2. The number of methoxy groups -OCH3 is 1. The van der Waals surface area contributed by atoms with Gasteiger partial charge in [0.05, 0.1) is 33.8 Å². The van der Waals surface area contributed by atoms with E-state index in [1.54, 1.807) is 19.1 Å². The summed E-state index contributed by atoms with van der Waals surface area (Å²) < 4.78 is 33.0. The van der Waals surface area contributed by atoms with Gasteiger partial charge in [-0.05, 0) is 37.3 Å². The summed E-state index contributed by atoms with van der Waals surface area (Å²) >= 11 is 0. The van der Waals surface area contributed by atoms with E-state index >= 15 is 0 Å². The summed E-state index contributed by atoms with van der Waals surface area (Å²) in [6, 6.07) is 10.3. The molecule has 0 saturated heterocycles. The van der Waals surface area contributed by atoms with E-state index in [1.807, 2.05) is 0 Å². The second-order valence-corrected chi connectivity index (χ2v) is 7.95. The van der Waals surface area contributed by atoms with Gasteiger partial charge in [0.2, 0.25) is 0 Å². The number of amides is 1. The van der Waals surface area contributed by atoms with E-state index in [0.29, 0.717) is 17.6 Å². The highest BCUT2D eigenvalue weighted by atomic mass is 32.2. The minimum absolute atomic E-state index is 0.0433. The van der Waals surface area contributed by atoms with Crippen LogP contribution in [0, 0.1) is 0 Å². The SMILES string of the molecule is COC[C@@H](C)NC(=O)c1ccccc1NS(=O)(=O)c1ccc2[nH]c(=O)[nH]c2c1. The molecule has 3 rings (SSSR count). The Morgan fingerprint density at radius 2 is 1.86 bits per heavy atom. The molecule has 0 radical (unpaired) electrons. The molecule has 0 aliphatic heterocycles. The maximum Gasteiger partial charge on any atom is 0.323 e. The molecule has 28 heavy (non-hydrogen) atoms. The maximum atomic E-state index is 12.8. The van der Waals surface area contributed by atoms with Crippen LogP contribution < -0.4 is 15.7 Å². The van der Waals surface area contributed by atoms with Gasteiger partial charge in [-0.2, -0.15) is 0 Å². The van der Waals surface area contributed by atoms with Crippen molar-refractivity contribution in [2.24, 2.45) is 0 Å². The lowest BCUT2D eigenvalue weighted by atomic mass is 10.1. The number of nitrogens with one attached hydrogen (secondary N) is 4. The molecule has 0 bridgehead atoms. The third kappa shape index (κ3) is 4.24. The molecule has 4 N–H and O–H groups in total. The number of para-hydroxylation sites is 1. The van der Waals surface area contributed by atoms with Gasteiger partial charge in [0, 0.05) is 13.2 Å². The van der Waals surface area contributed by atoms with Crippen molar-refractivity contribution in [3.63, 3.8) is 0 Å². The Kier molecular flexibility index (Phi) is 5.52. The van der Waals surface area contributed by atoms with Gasteiger partial charge >= 0.3 is 5.69 Å². The number of carbonyl (C=O) groups excluding carboxylic acids is 1. The zero-order valence-corrected chi connectivity index (χ0v) is 16.1. The lowest BCUT2D eigenvalue weighted by Gasteiger charge is -2.16. The molecular weight excluding hydrogens is 384 g/mol. The van der Waals surface area contributed by atoms with Crippen molar-refractivity contribution in [2.75, 3.05) is 18.4 Å². The van der Waals surface area contributed by atoms with Crippen LogP contribution in [0.4, 0.5) is 5.69 Å².